The van der Waals surface area contributed by atoms with Gasteiger partial charge in [0.15, 0.2) is 0 Å². The molecule has 0 aliphatic heterocycles. The molecule has 0 aliphatic rings. The van der Waals surface area contributed by atoms with Crippen LogP contribution in [-0.2, 0) is 4.79 Å². The van der Waals surface area contributed by atoms with Crippen LogP contribution in [0.25, 0.3) is 0 Å². The lowest BCUT2D eigenvalue weighted by Gasteiger charge is -1.97. The molecule has 74 valence electrons. The molecule has 0 aromatic heterocycles. The molecule has 6 heteroatoms. The molecule has 4 nitrogen and oxygen atoms in total. The second kappa shape index (κ2) is 5.11. The topological polar surface area (TPSA) is 60.2 Å². The van der Waals surface area contributed by atoms with Crippen molar-refractivity contribution in [3.8, 4) is 0 Å². The zero-order chi connectivity index (χ0) is 10.6. The van der Waals surface area contributed by atoms with Crippen LogP contribution in [0.3, 0.4) is 0 Å². The minimum atomic E-state index is -0.483. The van der Waals surface area contributed by atoms with Crippen molar-refractivity contribution in [2.45, 2.75) is 4.90 Å². The molecule has 0 saturated carbocycles. The molecule has 0 bridgehead atoms. The largest absolute Gasteiger partial charge is 0.286 e. The van der Waals surface area contributed by atoms with Gasteiger partial charge in [0.05, 0.1) is 10.3 Å². The number of non-ortho nitro benzene ring substituents is 1. The average Bonchev–Trinajstić information content (AvgIpc) is 2.18. The van der Waals surface area contributed by atoms with Gasteiger partial charge in [-0.25, -0.2) is 0 Å². The Hall–Kier alpha value is -0.880. The molecular weight excluding hydrogens is 270 g/mol. The van der Waals surface area contributed by atoms with Crippen molar-refractivity contribution in [2.24, 2.45) is 0 Å². The first-order chi connectivity index (χ1) is 6.63. The number of nitrogens with zero attached hydrogens (tertiary/aromatic N) is 1. The van der Waals surface area contributed by atoms with Gasteiger partial charge in [0.25, 0.3) is 5.69 Å². The van der Waals surface area contributed by atoms with E-state index in [0.717, 1.165) is 11.8 Å². The first kappa shape index (κ1) is 11.2. The summed E-state index contributed by atoms with van der Waals surface area (Å²) in [5.41, 5.74) is -0.00243. The van der Waals surface area contributed by atoms with Crippen LogP contribution in [0.2, 0.25) is 0 Å². The molecule has 0 fully saturated rings. The zero-order valence-electron chi connectivity index (χ0n) is 6.97. The van der Waals surface area contributed by atoms with Crippen LogP contribution in [0.4, 0.5) is 5.69 Å². The van der Waals surface area contributed by atoms with Gasteiger partial charge in [-0.05, 0) is 6.07 Å². The molecule has 14 heavy (non-hydrogen) atoms. The van der Waals surface area contributed by atoms with Gasteiger partial charge in [0.1, 0.15) is 0 Å². The van der Waals surface area contributed by atoms with Gasteiger partial charge < -0.3 is 0 Å². The van der Waals surface area contributed by atoms with E-state index in [1.807, 2.05) is 0 Å². The summed E-state index contributed by atoms with van der Waals surface area (Å²) in [4.78, 5) is 21.5. The first-order valence-corrected chi connectivity index (χ1v) is 5.58. The molecule has 1 aromatic rings. The van der Waals surface area contributed by atoms with Gasteiger partial charge in [0.2, 0.25) is 5.12 Å². The highest BCUT2D eigenvalue weighted by atomic mass is 79.9. The maximum atomic E-state index is 11.0. The van der Waals surface area contributed by atoms with Crippen LogP contribution in [0.5, 0.6) is 0 Å². The van der Waals surface area contributed by atoms with Crippen LogP contribution in [0.15, 0.2) is 29.2 Å². The van der Waals surface area contributed by atoms with Crippen molar-refractivity contribution in [3.63, 3.8) is 0 Å². The fourth-order valence-electron chi connectivity index (χ4n) is 0.819. The van der Waals surface area contributed by atoms with Crippen molar-refractivity contribution in [1.29, 1.82) is 0 Å². The predicted molar refractivity (Wildman–Crippen MR) is 57.8 cm³/mol. The van der Waals surface area contributed by atoms with Gasteiger partial charge in [-0.3, -0.25) is 14.9 Å². The summed E-state index contributed by atoms with van der Waals surface area (Å²) in [6.45, 7) is 0. The van der Waals surface area contributed by atoms with Crippen LogP contribution in [-0.4, -0.2) is 15.4 Å². The van der Waals surface area contributed by atoms with E-state index in [1.54, 1.807) is 12.1 Å². The van der Waals surface area contributed by atoms with Gasteiger partial charge >= 0.3 is 0 Å². The van der Waals surface area contributed by atoms with Gasteiger partial charge in [-0.15, -0.1) is 0 Å². The number of thioether (sulfide) groups is 1. The molecule has 0 aliphatic carbocycles. The Labute approximate surface area is 93.0 Å². The smallest absolute Gasteiger partial charge is 0.270 e. The van der Waals surface area contributed by atoms with Gasteiger partial charge in [-0.2, -0.15) is 0 Å². The highest BCUT2D eigenvalue weighted by molar-refractivity contribution is 9.09. The number of nitro benzene ring substituents is 1. The van der Waals surface area contributed by atoms with Crippen molar-refractivity contribution in [3.05, 3.63) is 34.4 Å². The highest BCUT2D eigenvalue weighted by Crippen LogP contribution is 2.23. The lowest BCUT2D eigenvalue weighted by molar-refractivity contribution is -0.385. The second-order valence-corrected chi connectivity index (χ2v) is 4.05. The number of hydrogen-bond donors (Lipinski definition) is 0. The maximum absolute atomic E-state index is 11.0. The molecule has 0 atom stereocenters. The first-order valence-electron chi connectivity index (χ1n) is 3.64. The number of carbonyl (C=O) groups excluding carboxylic acids is 1. The Morgan fingerprint density at radius 1 is 1.57 bits per heavy atom. The molecule has 0 saturated heterocycles. The Morgan fingerprint density at radius 2 is 2.29 bits per heavy atom. The number of alkyl halides is 1. The van der Waals surface area contributed by atoms with E-state index < -0.39 is 4.92 Å². The molecule has 0 heterocycles. The quantitative estimate of drug-likeness (QED) is 0.368. The van der Waals surface area contributed by atoms with Crippen LogP contribution < -0.4 is 0 Å². The zero-order valence-corrected chi connectivity index (χ0v) is 9.38. The van der Waals surface area contributed by atoms with Crippen molar-refractivity contribution in [1.82, 2.24) is 0 Å². The van der Waals surface area contributed by atoms with Gasteiger partial charge in [-0.1, -0.05) is 33.8 Å². The van der Waals surface area contributed by atoms with E-state index in [0.29, 0.717) is 4.90 Å². The maximum Gasteiger partial charge on any atom is 0.270 e. The fraction of sp³-hybridized carbons (Fsp3) is 0.125. The minimum absolute atomic E-state index is 0.00243. The minimum Gasteiger partial charge on any atom is -0.286 e. The van der Waals surface area contributed by atoms with E-state index in [2.05, 4.69) is 15.9 Å². The molecule has 1 rings (SSSR count). The Bertz CT molecular complexity index is 369. The number of nitro groups is 1. The Kier molecular flexibility index (Phi) is 4.09. The lowest BCUT2D eigenvalue weighted by Crippen LogP contribution is -1.92. The van der Waals surface area contributed by atoms with Crippen LogP contribution >= 0.6 is 27.7 Å². The average molecular weight is 276 g/mol. The molecule has 1 aromatic carbocycles. The van der Waals surface area contributed by atoms with Gasteiger partial charge in [0, 0.05) is 17.0 Å². The van der Waals surface area contributed by atoms with E-state index in [9.17, 15) is 14.9 Å². The lowest BCUT2D eigenvalue weighted by atomic mass is 10.3. The molecule has 0 radical (unpaired) electrons. The van der Waals surface area contributed by atoms with E-state index >= 15 is 0 Å². The number of rotatable bonds is 3. The highest BCUT2D eigenvalue weighted by Gasteiger charge is 2.08. The van der Waals surface area contributed by atoms with Crippen molar-refractivity contribution in [2.75, 3.05) is 5.33 Å². The summed E-state index contributed by atoms with van der Waals surface area (Å²) >= 11 is 4.00. The third-order valence-corrected chi connectivity index (χ3v) is 3.11. The summed E-state index contributed by atoms with van der Waals surface area (Å²) in [6.07, 6.45) is 0. The Balaban J connectivity index is 2.83. The predicted octanol–water partition coefficient (Wildman–Crippen LogP) is 2.61. The normalized spacial score (nSPS) is 9.79. The third kappa shape index (κ3) is 3.12. The van der Waals surface area contributed by atoms with Crippen LogP contribution in [0, 0.1) is 10.1 Å². The number of carbonyl (C=O) groups is 1. The summed E-state index contributed by atoms with van der Waals surface area (Å²) < 4.78 is 0. The van der Waals surface area contributed by atoms with E-state index in [-0.39, 0.29) is 16.1 Å². The van der Waals surface area contributed by atoms with Crippen molar-refractivity contribution < 1.29 is 9.72 Å². The molecule has 0 N–H and O–H groups in total. The summed E-state index contributed by atoms with van der Waals surface area (Å²) in [7, 11) is 0. The monoisotopic (exact) mass is 275 g/mol. The van der Waals surface area contributed by atoms with E-state index in [1.165, 1.54) is 12.1 Å². The number of hydrogen-bond acceptors (Lipinski definition) is 4. The number of halogens is 1. The standard InChI is InChI=1S/C8H6BrNO3S/c9-5-8(11)14-7-3-1-2-6(4-7)10(12)13/h1-4H,5H2. The Morgan fingerprint density at radius 3 is 2.86 bits per heavy atom. The summed E-state index contributed by atoms with van der Waals surface area (Å²) in [5.74, 6) is 0. The van der Waals surface area contributed by atoms with Crippen LogP contribution in [0.1, 0.15) is 0 Å². The summed E-state index contributed by atoms with van der Waals surface area (Å²) in [6, 6.07) is 5.99. The fourth-order valence-corrected chi connectivity index (χ4v) is 1.81. The molecule has 0 amide bonds. The van der Waals surface area contributed by atoms with E-state index in [4.69, 9.17) is 0 Å². The second-order valence-electron chi connectivity index (χ2n) is 2.36. The molecule has 0 unspecified atom stereocenters. The number of benzene rings is 1. The molecular formula is C8H6BrNO3S. The SMILES string of the molecule is O=C(CBr)Sc1cccc([N+](=O)[O-])c1. The summed E-state index contributed by atoms with van der Waals surface area (Å²) in [5, 5.41) is 10.6. The van der Waals surface area contributed by atoms with Crippen molar-refractivity contribution >= 4 is 38.5 Å². The molecule has 0 spiro atoms. The third-order valence-electron chi connectivity index (χ3n) is 1.37.